The zero-order valence-corrected chi connectivity index (χ0v) is 13.2. The van der Waals surface area contributed by atoms with Gasteiger partial charge in [0.05, 0.1) is 13.7 Å². The number of carbonyl (C=O) groups excluding carboxylic acids is 1. The Bertz CT molecular complexity index is 630. The molecule has 0 aliphatic carbocycles. The number of likely N-dealkylation sites (tertiary alicyclic amines) is 1. The fourth-order valence-corrected chi connectivity index (χ4v) is 3.10. The van der Waals surface area contributed by atoms with Crippen molar-refractivity contribution in [3.05, 3.63) is 41.4 Å². The van der Waals surface area contributed by atoms with Crippen LogP contribution in [0.15, 0.2) is 35.7 Å². The lowest BCUT2D eigenvalue weighted by atomic mass is 10.1. The van der Waals surface area contributed by atoms with Crippen LogP contribution in [-0.2, 0) is 0 Å². The minimum Gasteiger partial charge on any atom is -0.493 e. The number of benzene rings is 1. The van der Waals surface area contributed by atoms with Crippen LogP contribution in [0.25, 0.3) is 0 Å². The van der Waals surface area contributed by atoms with E-state index in [-0.39, 0.29) is 12.0 Å². The third-order valence-electron chi connectivity index (χ3n) is 3.69. The van der Waals surface area contributed by atoms with Crippen LogP contribution in [0.1, 0.15) is 23.3 Å². The highest BCUT2D eigenvalue weighted by atomic mass is 32.1. The molecule has 1 aromatic heterocycles. The predicted molar refractivity (Wildman–Crippen MR) is 84.7 cm³/mol. The molecule has 2 aromatic rings. The topological polar surface area (TPSA) is 51.7 Å². The number of aromatic nitrogens is 1. The number of carbonyl (C=O) groups is 1. The summed E-state index contributed by atoms with van der Waals surface area (Å²) in [6.07, 6.45) is 1.84. The summed E-state index contributed by atoms with van der Waals surface area (Å²) >= 11 is 1.29. The third kappa shape index (κ3) is 3.22. The zero-order valence-electron chi connectivity index (χ0n) is 12.4. The Morgan fingerprint density at radius 2 is 2.14 bits per heavy atom. The summed E-state index contributed by atoms with van der Waals surface area (Å²) in [4.78, 5) is 14.2. The maximum Gasteiger partial charge on any atom is 0.273 e. The van der Waals surface area contributed by atoms with Gasteiger partial charge < -0.3 is 14.4 Å². The van der Waals surface area contributed by atoms with Crippen LogP contribution in [0.5, 0.6) is 11.5 Å². The molecule has 22 heavy (non-hydrogen) atoms. The van der Waals surface area contributed by atoms with E-state index in [0.29, 0.717) is 18.0 Å². The molecular formula is C16H18N2O3S. The summed E-state index contributed by atoms with van der Waals surface area (Å²) in [6.45, 7) is 1.33. The van der Waals surface area contributed by atoms with Crippen LogP contribution >= 0.6 is 11.5 Å². The van der Waals surface area contributed by atoms with E-state index in [1.807, 2.05) is 34.5 Å². The van der Waals surface area contributed by atoms with Crippen molar-refractivity contribution in [3.8, 4) is 11.5 Å². The minimum atomic E-state index is -0.0207. The van der Waals surface area contributed by atoms with Crippen LogP contribution in [-0.4, -0.2) is 41.5 Å². The molecule has 3 rings (SSSR count). The van der Waals surface area contributed by atoms with E-state index in [1.54, 1.807) is 13.2 Å². The van der Waals surface area contributed by atoms with Gasteiger partial charge in [0.1, 0.15) is 11.8 Å². The molecule has 1 saturated heterocycles. The van der Waals surface area contributed by atoms with Crippen LogP contribution in [0.2, 0.25) is 0 Å². The van der Waals surface area contributed by atoms with Crippen molar-refractivity contribution in [1.29, 1.82) is 0 Å². The Labute approximate surface area is 133 Å². The quantitative estimate of drug-likeness (QED) is 0.870. The number of piperidine rings is 1. The fourth-order valence-electron chi connectivity index (χ4n) is 2.60. The number of hydrogen-bond donors (Lipinski definition) is 0. The van der Waals surface area contributed by atoms with Gasteiger partial charge >= 0.3 is 0 Å². The summed E-state index contributed by atoms with van der Waals surface area (Å²) < 4.78 is 15.5. The molecule has 6 heteroatoms. The molecular weight excluding hydrogens is 300 g/mol. The Morgan fingerprint density at radius 1 is 1.32 bits per heavy atom. The van der Waals surface area contributed by atoms with Gasteiger partial charge in [0.15, 0.2) is 11.5 Å². The summed E-state index contributed by atoms with van der Waals surface area (Å²) in [6, 6.07) is 9.34. The molecule has 1 atom stereocenters. The number of rotatable bonds is 4. The van der Waals surface area contributed by atoms with Crippen LogP contribution in [0.3, 0.4) is 0 Å². The molecule has 1 aliphatic rings. The van der Waals surface area contributed by atoms with Crippen LogP contribution in [0.4, 0.5) is 0 Å². The SMILES string of the molecule is COc1ccccc1OC1CCCN(C(=O)c2ccsn2)C1. The lowest BCUT2D eigenvalue weighted by Crippen LogP contribution is -2.44. The summed E-state index contributed by atoms with van der Waals surface area (Å²) in [7, 11) is 1.63. The molecule has 1 amide bonds. The second-order valence-electron chi connectivity index (χ2n) is 5.17. The lowest BCUT2D eigenvalue weighted by molar-refractivity contribution is 0.0528. The molecule has 2 heterocycles. The molecule has 1 unspecified atom stereocenters. The van der Waals surface area contributed by atoms with Crippen molar-refractivity contribution in [2.24, 2.45) is 0 Å². The van der Waals surface area contributed by atoms with Crippen LogP contribution < -0.4 is 9.47 Å². The van der Waals surface area contributed by atoms with Crippen molar-refractivity contribution in [3.63, 3.8) is 0 Å². The molecule has 0 bridgehead atoms. The molecule has 0 N–H and O–H groups in total. The molecule has 5 nitrogen and oxygen atoms in total. The average molecular weight is 318 g/mol. The van der Waals surface area contributed by atoms with Crippen molar-refractivity contribution in [2.45, 2.75) is 18.9 Å². The highest BCUT2D eigenvalue weighted by molar-refractivity contribution is 7.03. The molecule has 0 spiro atoms. The first-order valence-electron chi connectivity index (χ1n) is 7.27. The average Bonchev–Trinajstić information content (AvgIpc) is 3.09. The second kappa shape index (κ2) is 6.79. The largest absolute Gasteiger partial charge is 0.493 e. The zero-order chi connectivity index (χ0) is 15.4. The maximum absolute atomic E-state index is 12.4. The van der Waals surface area contributed by atoms with E-state index in [2.05, 4.69) is 4.37 Å². The fraction of sp³-hybridized carbons (Fsp3) is 0.375. The van der Waals surface area contributed by atoms with Crippen molar-refractivity contribution in [2.75, 3.05) is 20.2 Å². The molecule has 1 fully saturated rings. The van der Waals surface area contributed by atoms with Gasteiger partial charge in [-0.3, -0.25) is 4.79 Å². The molecule has 1 aromatic carbocycles. The van der Waals surface area contributed by atoms with Gasteiger partial charge in [0.2, 0.25) is 0 Å². The van der Waals surface area contributed by atoms with Gasteiger partial charge in [-0.25, -0.2) is 0 Å². The number of ether oxygens (including phenoxy) is 2. The van der Waals surface area contributed by atoms with Gasteiger partial charge in [0, 0.05) is 11.9 Å². The Morgan fingerprint density at radius 3 is 2.86 bits per heavy atom. The van der Waals surface area contributed by atoms with Gasteiger partial charge in [-0.05, 0) is 42.6 Å². The van der Waals surface area contributed by atoms with Gasteiger partial charge in [-0.1, -0.05) is 12.1 Å². The van der Waals surface area contributed by atoms with E-state index >= 15 is 0 Å². The van der Waals surface area contributed by atoms with E-state index < -0.39 is 0 Å². The monoisotopic (exact) mass is 318 g/mol. The summed E-state index contributed by atoms with van der Waals surface area (Å²) in [5.41, 5.74) is 0.517. The van der Waals surface area contributed by atoms with Crippen molar-refractivity contribution >= 4 is 17.4 Å². The Balaban J connectivity index is 1.67. The van der Waals surface area contributed by atoms with Gasteiger partial charge in [-0.15, -0.1) is 0 Å². The van der Waals surface area contributed by atoms with E-state index in [4.69, 9.17) is 9.47 Å². The smallest absolute Gasteiger partial charge is 0.273 e. The first kappa shape index (κ1) is 14.8. The molecule has 0 radical (unpaired) electrons. The van der Waals surface area contributed by atoms with Crippen molar-refractivity contribution < 1.29 is 14.3 Å². The summed E-state index contributed by atoms with van der Waals surface area (Å²) in [5.74, 6) is 1.41. The Kier molecular flexibility index (Phi) is 4.58. The molecule has 0 saturated carbocycles. The number of hydrogen-bond acceptors (Lipinski definition) is 5. The number of amides is 1. The van der Waals surface area contributed by atoms with Gasteiger partial charge in [0.25, 0.3) is 5.91 Å². The first-order valence-corrected chi connectivity index (χ1v) is 8.11. The predicted octanol–water partition coefficient (Wildman–Crippen LogP) is 2.84. The number of para-hydroxylation sites is 2. The Hall–Kier alpha value is -2.08. The third-order valence-corrected chi connectivity index (χ3v) is 4.24. The standard InChI is InChI=1S/C16H18N2O3S/c1-20-14-6-2-3-7-15(14)21-12-5-4-9-18(11-12)16(19)13-8-10-22-17-13/h2-3,6-8,10,12H,4-5,9,11H2,1H3. The number of methoxy groups -OCH3 is 1. The van der Waals surface area contributed by atoms with Crippen LogP contribution in [0, 0.1) is 0 Å². The van der Waals surface area contributed by atoms with Gasteiger partial charge in [-0.2, -0.15) is 4.37 Å². The molecule has 1 aliphatic heterocycles. The first-order chi connectivity index (χ1) is 10.8. The van der Waals surface area contributed by atoms with E-state index in [9.17, 15) is 4.79 Å². The van der Waals surface area contributed by atoms with E-state index in [0.717, 1.165) is 25.1 Å². The molecule has 116 valence electrons. The highest BCUT2D eigenvalue weighted by Gasteiger charge is 2.27. The highest BCUT2D eigenvalue weighted by Crippen LogP contribution is 2.28. The van der Waals surface area contributed by atoms with E-state index in [1.165, 1.54) is 11.5 Å². The maximum atomic E-state index is 12.4. The number of nitrogens with zero attached hydrogens (tertiary/aromatic N) is 2. The second-order valence-corrected chi connectivity index (χ2v) is 5.83. The van der Waals surface area contributed by atoms with Crippen molar-refractivity contribution in [1.82, 2.24) is 9.27 Å². The normalized spacial score (nSPS) is 18.0. The lowest BCUT2D eigenvalue weighted by Gasteiger charge is -2.32. The minimum absolute atomic E-state index is 0.0189. The summed E-state index contributed by atoms with van der Waals surface area (Å²) in [5, 5.41) is 1.82.